The molecular weight excluding hydrogens is 284 g/mol. The minimum absolute atomic E-state index is 0.629. The maximum absolute atomic E-state index is 5.76. The molecule has 0 bridgehead atoms. The van der Waals surface area contributed by atoms with Crippen LogP contribution in [0.15, 0.2) is 52.0 Å². The zero-order chi connectivity index (χ0) is 14.2. The molecular formula is C15H12N4OS. The minimum Gasteiger partial charge on any atom is -0.440 e. The van der Waals surface area contributed by atoms with Crippen LogP contribution in [0.2, 0.25) is 0 Å². The molecule has 0 atom stereocenters. The summed E-state index contributed by atoms with van der Waals surface area (Å²) < 4.78 is 5.69. The number of nitrogen functional groups attached to an aromatic ring is 1. The SMILES string of the molecule is Nc1ccc2nc(SCc3nc4ccccc4o3)[nH]c2c1. The number of aromatic nitrogens is 3. The monoisotopic (exact) mass is 296 g/mol. The van der Waals surface area contributed by atoms with Gasteiger partial charge in [0, 0.05) is 5.69 Å². The number of imidazole rings is 1. The number of nitrogens with two attached hydrogens (primary N) is 1. The molecule has 0 fully saturated rings. The van der Waals surface area contributed by atoms with Gasteiger partial charge in [-0.25, -0.2) is 9.97 Å². The number of hydrogen-bond donors (Lipinski definition) is 2. The average Bonchev–Trinajstić information content (AvgIpc) is 3.07. The van der Waals surface area contributed by atoms with E-state index in [0.717, 1.165) is 33.0 Å². The van der Waals surface area contributed by atoms with E-state index in [9.17, 15) is 0 Å². The van der Waals surface area contributed by atoms with Crippen LogP contribution in [-0.4, -0.2) is 15.0 Å². The average molecular weight is 296 g/mol. The van der Waals surface area contributed by atoms with Crippen molar-refractivity contribution in [3.63, 3.8) is 0 Å². The molecule has 0 aliphatic rings. The number of oxazole rings is 1. The van der Waals surface area contributed by atoms with E-state index in [1.807, 2.05) is 42.5 Å². The Hall–Kier alpha value is -2.47. The number of H-pyrrole nitrogens is 1. The Labute approximate surface area is 124 Å². The van der Waals surface area contributed by atoms with Crippen molar-refractivity contribution in [3.8, 4) is 0 Å². The number of nitrogens with one attached hydrogen (secondary N) is 1. The molecule has 4 aromatic rings. The number of nitrogens with zero attached hydrogens (tertiary/aromatic N) is 2. The second kappa shape index (κ2) is 4.82. The number of thioether (sulfide) groups is 1. The first-order chi connectivity index (χ1) is 10.3. The molecule has 3 N–H and O–H groups in total. The largest absolute Gasteiger partial charge is 0.440 e. The fourth-order valence-corrected chi connectivity index (χ4v) is 2.91. The van der Waals surface area contributed by atoms with Crippen LogP contribution in [0.3, 0.4) is 0 Å². The van der Waals surface area contributed by atoms with E-state index < -0.39 is 0 Å². The summed E-state index contributed by atoms with van der Waals surface area (Å²) in [6.07, 6.45) is 0. The Morgan fingerprint density at radius 3 is 2.90 bits per heavy atom. The minimum atomic E-state index is 0.629. The molecule has 0 saturated heterocycles. The molecule has 0 unspecified atom stereocenters. The van der Waals surface area contributed by atoms with E-state index in [1.54, 1.807) is 11.8 Å². The van der Waals surface area contributed by atoms with E-state index in [-0.39, 0.29) is 0 Å². The van der Waals surface area contributed by atoms with Crippen LogP contribution in [0.5, 0.6) is 0 Å². The third kappa shape index (κ3) is 2.34. The molecule has 104 valence electrons. The Kier molecular flexibility index (Phi) is 2.82. The molecule has 0 spiro atoms. The van der Waals surface area contributed by atoms with Gasteiger partial charge >= 0.3 is 0 Å². The maximum atomic E-state index is 5.76. The van der Waals surface area contributed by atoms with E-state index in [1.165, 1.54) is 0 Å². The lowest BCUT2D eigenvalue weighted by Gasteiger charge is -1.92. The number of rotatable bonds is 3. The van der Waals surface area contributed by atoms with Crippen molar-refractivity contribution in [2.75, 3.05) is 5.73 Å². The molecule has 2 aromatic carbocycles. The van der Waals surface area contributed by atoms with Crippen molar-refractivity contribution in [3.05, 3.63) is 48.4 Å². The normalized spacial score (nSPS) is 11.4. The molecule has 6 heteroatoms. The molecule has 0 aliphatic carbocycles. The molecule has 0 radical (unpaired) electrons. The third-order valence-corrected chi connectivity index (χ3v) is 4.01. The molecule has 0 amide bonds. The van der Waals surface area contributed by atoms with Crippen molar-refractivity contribution in [1.82, 2.24) is 15.0 Å². The Balaban J connectivity index is 1.57. The number of para-hydroxylation sites is 2. The van der Waals surface area contributed by atoms with Crippen molar-refractivity contribution >= 4 is 39.6 Å². The summed E-state index contributed by atoms with van der Waals surface area (Å²) in [6, 6.07) is 13.4. The maximum Gasteiger partial charge on any atom is 0.205 e. The lowest BCUT2D eigenvalue weighted by Crippen LogP contribution is -1.82. The van der Waals surface area contributed by atoms with E-state index in [4.69, 9.17) is 10.2 Å². The third-order valence-electron chi connectivity index (χ3n) is 3.15. The van der Waals surface area contributed by atoms with Gasteiger partial charge in [0.25, 0.3) is 0 Å². The summed E-state index contributed by atoms with van der Waals surface area (Å²) in [5.41, 5.74) is 10.0. The Morgan fingerprint density at radius 2 is 2.00 bits per heavy atom. The lowest BCUT2D eigenvalue weighted by atomic mass is 10.3. The molecule has 2 aromatic heterocycles. The summed E-state index contributed by atoms with van der Waals surface area (Å²) in [5, 5.41) is 0.831. The van der Waals surface area contributed by atoms with Gasteiger partial charge in [-0.3, -0.25) is 0 Å². The van der Waals surface area contributed by atoms with Gasteiger partial charge in [0.15, 0.2) is 10.7 Å². The van der Waals surface area contributed by atoms with Gasteiger partial charge in [-0.15, -0.1) is 0 Å². The first-order valence-corrected chi connectivity index (χ1v) is 7.49. The molecule has 0 saturated carbocycles. The van der Waals surface area contributed by atoms with E-state index >= 15 is 0 Å². The first kappa shape index (κ1) is 12.3. The summed E-state index contributed by atoms with van der Waals surface area (Å²) in [4.78, 5) is 12.2. The van der Waals surface area contributed by atoms with Crippen molar-refractivity contribution in [2.24, 2.45) is 0 Å². The Bertz CT molecular complexity index is 895. The standard InChI is InChI=1S/C15H12N4OS/c16-9-5-6-10-12(7-9)19-15(18-10)21-8-14-17-11-3-1-2-4-13(11)20-14/h1-7H,8,16H2,(H,18,19). The van der Waals surface area contributed by atoms with E-state index in [0.29, 0.717) is 11.6 Å². The molecule has 0 aliphatic heterocycles. The highest BCUT2D eigenvalue weighted by Gasteiger charge is 2.08. The van der Waals surface area contributed by atoms with Gasteiger partial charge in [0.05, 0.1) is 16.8 Å². The number of hydrogen-bond acceptors (Lipinski definition) is 5. The van der Waals surface area contributed by atoms with Crippen molar-refractivity contribution in [2.45, 2.75) is 10.9 Å². The quantitative estimate of drug-likeness (QED) is 0.446. The van der Waals surface area contributed by atoms with Crippen molar-refractivity contribution < 1.29 is 4.42 Å². The summed E-state index contributed by atoms with van der Waals surface area (Å²) in [6.45, 7) is 0. The predicted molar refractivity (Wildman–Crippen MR) is 84.1 cm³/mol. The van der Waals surface area contributed by atoms with Crippen LogP contribution in [0.25, 0.3) is 22.1 Å². The number of benzene rings is 2. The van der Waals surface area contributed by atoms with Crippen LogP contribution < -0.4 is 5.73 Å². The molecule has 4 rings (SSSR count). The highest BCUT2D eigenvalue weighted by Crippen LogP contribution is 2.25. The van der Waals surface area contributed by atoms with Gasteiger partial charge < -0.3 is 15.1 Å². The molecule has 21 heavy (non-hydrogen) atoms. The fourth-order valence-electron chi connectivity index (χ4n) is 2.18. The molecule has 5 nitrogen and oxygen atoms in total. The van der Waals surface area contributed by atoms with Crippen LogP contribution in [0.1, 0.15) is 5.89 Å². The van der Waals surface area contributed by atoms with Gasteiger partial charge in [-0.2, -0.15) is 0 Å². The number of anilines is 1. The van der Waals surface area contributed by atoms with Gasteiger partial charge in [0.2, 0.25) is 5.89 Å². The zero-order valence-corrected chi connectivity index (χ0v) is 11.9. The second-order valence-corrected chi connectivity index (χ2v) is 5.65. The first-order valence-electron chi connectivity index (χ1n) is 6.50. The Morgan fingerprint density at radius 1 is 1.10 bits per heavy atom. The van der Waals surface area contributed by atoms with Crippen molar-refractivity contribution in [1.29, 1.82) is 0 Å². The van der Waals surface area contributed by atoms with Crippen LogP contribution in [-0.2, 0) is 5.75 Å². The highest BCUT2D eigenvalue weighted by molar-refractivity contribution is 7.98. The lowest BCUT2D eigenvalue weighted by molar-refractivity contribution is 0.556. The zero-order valence-electron chi connectivity index (χ0n) is 11.0. The number of fused-ring (bicyclic) bond motifs is 2. The van der Waals surface area contributed by atoms with Crippen LogP contribution >= 0.6 is 11.8 Å². The van der Waals surface area contributed by atoms with E-state index in [2.05, 4.69) is 15.0 Å². The van der Waals surface area contributed by atoms with Crippen LogP contribution in [0.4, 0.5) is 5.69 Å². The van der Waals surface area contributed by atoms with Gasteiger partial charge in [-0.1, -0.05) is 23.9 Å². The van der Waals surface area contributed by atoms with Crippen LogP contribution in [0, 0.1) is 0 Å². The summed E-state index contributed by atoms with van der Waals surface area (Å²) >= 11 is 1.56. The number of aromatic amines is 1. The topological polar surface area (TPSA) is 80.7 Å². The summed E-state index contributed by atoms with van der Waals surface area (Å²) in [7, 11) is 0. The highest BCUT2D eigenvalue weighted by atomic mass is 32.2. The fraction of sp³-hybridized carbons (Fsp3) is 0.0667. The molecule has 2 heterocycles. The smallest absolute Gasteiger partial charge is 0.205 e. The van der Waals surface area contributed by atoms with Gasteiger partial charge in [-0.05, 0) is 30.3 Å². The predicted octanol–water partition coefficient (Wildman–Crippen LogP) is 3.58. The summed E-state index contributed by atoms with van der Waals surface area (Å²) in [5.74, 6) is 1.32. The van der Waals surface area contributed by atoms with Gasteiger partial charge in [0.1, 0.15) is 5.52 Å². The second-order valence-electron chi connectivity index (χ2n) is 4.68.